The molecule has 0 saturated carbocycles. The molecule has 1 aliphatic carbocycles. The molecule has 2 rings (SSSR count). The Labute approximate surface area is 101 Å². The Balaban J connectivity index is 2.01. The molecule has 1 aliphatic rings. The highest BCUT2D eigenvalue weighted by Gasteiger charge is 2.23. The molecule has 3 heteroatoms. The van der Waals surface area contributed by atoms with Gasteiger partial charge in [0.05, 0.1) is 0 Å². The molecule has 17 heavy (non-hydrogen) atoms. The Bertz CT molecular complexity index is 412. The average molecular weight is 234 g/mol. The quantitative estimate of drug-likeness (QED) is 0.818. The highest BCUT2D eigenvalue weighted by Crippen LogP contribution is 2.29. The zero-order valence-corrected chi connectivity index (χ0v) is 10.1. The Morgan fingerprint density at radius 2 is 2.35 bits per heavy atom. The van der Waals surface area contributed by atoms with Crippen LogP contribution in [0.3, 0.4) is 0 Å². The zero-order valence-electron chi connectivity index (χ0n) is 10.1. The molecular weight excluding hydrogens is 216 g/mol. The first-order chi connectivity index (χ1) is 8.20. The van der Waals surface area contributed by atoms with E-state index in [0.717, 1.165) is 36.8 Å². The van der Waals surface area contributed by atoms with E-state index in [1.165, 1.54) is 0 Å². The van der Waals surface area contributed by atoms with Crippen LogP contribution in [0.1, 0.15) is 37.3 Å². The zero-order chi connectivity index (χ0) is 12.3. The normalized spacial score (nSPS) is 18.5. The summed E-state index contributed by atoms with van der Waals surface area (Å²) in [6, 6.07) is 5.54. The van der Waals surface area contributed by atoms with Crippen molar-refractivity contribution in [3.8, 4) is 5.75 Å². The van der Waals surface area contributed by atoms with Gasteiger partial charge < -0.3 is 9.84 Å². The van der Waals surface area contributed by atoms with Crippen molar-refractivity contribution in [2.24, 2.45) is 0 Å². The van der Waals surface area contributed by atoms with Crippen LogP contribution in [0.4, 0.5) is 0 Å². The lowest BCUT2D eigenvalue weighted by atomic mass is 9.89. The SMILES string of the molecule is CCCC(=O)OC1CCc2c(O)cccc2C1. The monoisotopic (exact) mass is 234 g/mol. The minimum Gasteiger partial charge on any atom is -0.508 e. The average Bonchev–Trinajstić information content (AvgIpc) is 2.29. The van der Waals surface area contributed by atoms with E-state index in [2.05, 4.69) is 0 Å². The second-order valence-corrected chi connectivity index (χ2v) is 4.52. The van der Waals surface area contributed by atoms with Gasteiger partial charge in [-0.3, -0.25) is 4.79 Å². The summed E-state index contributed by atoms with van der Waals surface area (Å²) in [6.45, 7) is 1.97. The first-order valence-corrected chi connectivity index (χ1v) is 6.20. The summed E-state index contributed by atoms with van der Waals surface area (Å²) in [7, 11) is 0. The van der Waals surface area contributed by atoms with Crippen LogP contribution >= 0.6 is 0 Å². The fourth-order valence-corrected chi connectivity index (χ4v) is 2.30. The van der Waals surface area contributed by atoms with E-state index in [0.29, 0.717) is 12.2 Å². The number of esters is 1. The van der Waals surface area contributed by atoms with Gasteiger partial charge in [0.1, 0.15) is 11.9 Å². The predicted octanol–water partition coefficient (Wildman–Crippen LogP) is 2.59. The molecule has 0 heterocycles. The number of rotatable bonds is 3. The summed E-state index contributed by atoms with van der Waals surface area (Å²) in [5, 5.41) is 9.70. The van der Waals surface area contributed by atoms with Gasteiger partial charge in [0.15, 0.2) is 0 Å². The Morgan fingerprint density at radius 3 is 3.12 bits per heavy atom. The number of carbonyl (C=O) groups is 1. The van der Waals surface area contributed by atoms with Crippen LogP contribution in [-0.2, 0) is 22.4 Å². The van der Waals surface area contributed by atoms with Crippen LogP contribution < -0.4 is 0 Å². The van der Waals surface area contributed by atoms with E-state index in [1.807, 2.05) is 19.1 Å². The summed E-state index contributed by atoms with van der Waals surface area (Å²) in [5.41, 5.74) is 2.11. The molecule has 92 valence electrons. The molecule has 1 aromatic rings. The first-order valence-electron chi connectivity index (χ1n) is 6.20. The summed E-state index contributed by atoms with van der Waals surface area (Å²) in [5.74, 6) is 0.252. The largest absolute Gasteiger partial charge is 0.508 e. The second kappa shape index (κ2) is 5.21. The van der Waals surface area contributed by atoms with Crippen LogP contribution in [0.25, 0.3) is 0 Å². The number of phenols is 1. The molecule has 0 saturated heterocycles. The van der Waals surface area contributed by atoms with Crippen LogP contribution in [0.15, 0.2) is 18.2 Å². The highest BCUT2D eigenvalue weighted by atomic mass is 16.5. The van der Waals surface area contributed by atoms with Crippen molar-refractivity contribution in [3.63, 3.8) is 0 Å². The number of benzene rings is 1. The molecule has 1 atom stereocenters. The van der Waals surface area contributed by atoms with Gasteiger partial charge in [-0.1, -0.05) is 19.1 Å². The third kappa shape index (κ3) is 2.78. The number of ether oxygens (including phenoxy) is 1. The molecule has 0 bridgehead atoms. The number of hydrogen-bond acceptors (Lipinski definition) is 3. The number of hydrogen-bond donors (Lipinski definition) is 1. The third-order valence-corrected chi connectivity index (χ3v) is 3.16. The molecule has 1 N–H and O–H groups in total. The maximum Gasteiger partial charge on any atom is 0.306 e. The van der Waals surface area contributed by atoms with Crippen LogP contribution in [-0.4, -0.2) is 17.2 Å². The summed E-state index contributed by atoms with van der Waals surface area (Å²) in [4.78, 5) is 11.4. The molecule has 0 fully saturated rings. The van der Waals surface area contributed by atoms with Crippen molar-refractivity contribution < 1.29 is 14.6 Å². The van der Waals surface area contributed by atoms with Crippen LogP contribution in [0.2, 0.25) is 0 Å². The summed E-state index contributed by atoms with van der Waals surface area (Å²) < 4.78 is 5.41. The van der Waals surface area contributed by atoms with Gasteiger partial charge in [0.25, 0.3) is 0 Å². The maximum absolute atomic E-state index is 11.4. The number of phenolic OH excluding ortho intramolecular Hbond substituents is 1. The molecule has 0 spiro atoms. The summed E-state index contributed by atoms with van der Waals surface area (Å²) in [6.07, 6.45) is 3.60. The fraction of sp³-hybridized carbons (Fsp3) is 0.500. The van der Waals surface area contributed by atoms with E-state index in [9.17, 15) is 9.90 Å². The second-order valence-electron chi connectivity index (χ2n) is 4.52. The smallest absolute Gasteiger partial charge is 0.306 e. The molecule has 3 nitrogen and oxygen atoms in total. The van der Waals surface area contributed by atoms with Gasteiger partial charge in [-0.2, -0.15) is 0 Å². The maximum atomic E-state index is 11.4. The lowest BCUT2D eigenvalue weighted by Gasteiger charge is -2.25. The number of fused-ring (bicyclic) bond motifs is 1. The lowest BCUT2D eigenvalue weighted by Crippen LogP contribution is -2.25. The molecule has 1 aromatic carbocycles. The van der Waals surface area contributed by atoms with Crippen molar-refractivity contribution in [1.29, 1.82) is 0 Å². The molecule has 0 amide bonds. The van der Waals surface area contributed by atoms with Gasteiger partial charge >= 0.3 is 5.97 Å². The van der Waals surface area contributed by atoms with Gasteiger partial charge in [0.2, 0.25) is 0 Å². The van der Waals surface area contributed by atoms with Crippen molar-refractivity contribution in [1.82, 2.24) is 0 Å². The van der Waals surface area contributed by atoms with Gasteiger partial charge in [-0.15, -0.1) is 0 Å². The Morgan fingerprint density at radius 1 is 1.53 bits per heavy atom. The van der Waals surface area contributed by atoms with E-state index in [-0.39, 0.29) is 12.1 Å². The topological polar surface area (TPSA) is 46.5 Å². The standard InChI is InChI=1S/C14H18O3/c1-2-4-14(16)17-11-7-8-12-10(9-11)5-3-6-13(12)15/h3,5-6,11,15H,2,4,7-9H2,1H3. The van der Waals surface area contributed by atoms with Crippen molar-refractivity contribution in [3.05, 3.63) is 29.3 Å². The van der Waals surface area contributed by atoms with Crippen LogP contribution in [0, 0.1) is 0 Å². The molecule has 0 aromatic heterocycles. The van der Waals surface area contributed by atoms with Crippen molar-refractivity contribution in [2.45, 2.75) is 45.1 Å². The fourth-order valence-electron chi connectivity index (χ4n) is 2.30. The Kier molecular flexibility index (Phi) is 3.67. The third-order valence-electron chi connectivity index (χ3n) is 3.16. The van der Waals surface area contributed by atoms with Gasteiger partial charge in [-0.25, -0.2) is 0 Å². The van der Waals surface area contributed by atoms with Gasteiger partial charge in [0, 0.05) is 12.8 Å². The van der Waals surface area contributed by atoms with Crippen molar-refractivity contribution in [2.75, 3.05) is 0 Å². The predicted molar refractivity (Wildman–Crippen MR) is 64.9 cm³/mol. The van der Waals surface area contributed by atoms with Gasteiger partial charge in [-0.05, 0) is 36.5 Å². The minimum atomic E-state index is -0.110. The minimum absolute atomic E-state index is 0.0247. The van der Waals surface area contributed by atoms with E-state index in [1.54, 1.807) is 6.07 Å². The molecular formula is C14H18O3. The molecule has 1 unspecified atom stereocenters. The number of aromatic hydroxyl groups is 1. The Hall–Kier alpha value is -1.51. The van der Waals surface area contributed by atoms with Crippen LogP contribution in [0.5, 0.6) is 5.75 Å². The van der Waals surface area contributed by atoms with E-state index in [4.69, 9.17) is 4.74 Å². The number of carbonyl (C=O) groups excluding carboxylic acids is 1. The van der Waals surface area contributed by atoms with E-state index >= 15 is 0 Å². The first kappa shape index (κ1) is 12.0. The highest BCUT2D eigenvalue weighted by molar-refractivity contribution is 5.69. The van der Waals surface area contributed by atoms with Crippen molar-refractivity contribution >= 4 is 5.97 Å². The lowest BCUT2D eigenvalue weighted by molar-refractivity contribution is -0.149. The summed E-state index contributed by atoms with van der Waals surface area (Å²) >= 11 is 0. The molecule has 0 radical (unpaired) electrons. The molecule has 0 aliphatic heterocycles. The van der Waals surface area contributed by atoms with E-state index < -0.39 is 0 Å².